The highest BCUT2D eigenvalue weighted by atomic mass is 16.6. The van der Waals surface area contributed by atoms with E-state index in [1.54, 1.807) is 7.11 Å². The summed E-state index contributed by atoms with van der Waals surface area (Å²) in [4.78, 5) is 0. The van der Waals surface area contributed by atoms with Crippen LogP contribution in [0.5, 0.6) is 0 Å². The first kappa shape index (κ1) is 17.8. The average Bonchev–Trinajstić information content (AvgIpc) is 2.39. The van der Waals surface area contributed by atoms with E-state index in [2.05, 4.69) is 0 Å². The SMILES string of the molecule is COC(C)COCCOCCOCCOCCO. The van der Waals surface area contributed by atoms with Crippen molar-refractivity contribution in [2.45, 2.75) is 13.0 Å². The Morgan fingerprint density at radius 3 is 1.67 bits per heavy atom. The van der Waals surface area contributed by atoms with Gasteiger partial charge in [0, 0.05) is 7.11 Å². The van der Waals surface area contributed by atoms with E-state index in [-0.39, 0.29) is 12.7 Å². The normalized spacial score (nSPS) is 12.8. The van der Waals surface area contributed by atoms with Gasteiger partial charge < -0.3 is 28.8 Å². The van der Waals surface area contributed by atoms with Crippen LogP contribution < -0.4 is 0 Å². The minimum Gasteiger partial charge on any atom is -0.394 e. The van der Waals surface area contributed by atoms with E-state index < -0.39 is 0 Å². The molecule has 18 heavy (non-hydrogen) atoms. The molecule has 0 aliphatic rings. The maximum atomic E-state index is 8.45. The first-order chi connectivity index (χ1) is 8.81. The maximum Gasteiger partial charge on any atom is 0.0776 e. The molecule has 6 heteroatoms. The van der Waals surface area contributed by atoms with Crippen molar-refractivity contribution in [3.05, 3.63) is 0 Å². The molecular formula is C12H26O6. The second-order valence-electron chi connectivity index (χ2n) is 3.68. The molecule has 1 unspecified atom stereocenters. The molecule has 0 aliphatic carbocycles. The Balaban J connectivity index is 2.94. The van der Waals surface area contributed by atoms with E-state index in [9.17, 15) is 0 Å². The molecule has 0 aliphatic heterocycles. The van der Waals surface area contributed by atoms with Gasteiger partial charge in [-0.25, -0.2) is 0 Å². The van der Waals surface area contributed by atoms with Crippen LogP contribution in [0, 0.1) is 0 Å². The van der Waals surface area contributed by atoms with Crippen LogP contribution in [0.2, 0.25) is 0 Å². The van der Waals surface area contributed by atoms with Gasteiger partial charge in [-0.15, -0.1) is 0 Å². The van der Waals surface area contributed by atoms with Gasteiger partial charge in [0.15, 0.2) is 0 Å². The monoisotopic (exact) mass is 266 g/mol. The van der Waals surface area contributed by atoms with E-state index >= 15 is 0 Å². The molecule has 1 atom stereocenters. The summed E-state index contributed by atoms with van der Waals surface area (Å²) in [6, 6.07) is 0. The van der Waals surface area contributed by atoms with Gasteiger partial charge in [-0.1, -0.05) is 0 Å². The van der Waals surface area contributed by atoms with E-state index in [1.165, 1.54) is 0 Å². The summed E-state index contributed by atoms with van der Waals surface area (Å²) < 4.78 is 25.9. The predicted octanol–water partition coefficient (Wildman–Crippen LogP) is 0.0800. The van der Waals surface area contributed by atoms with Crippen LogP contribution in [-0.2, 0) is 23.7 Å². The number of ether oxygens (including phenoxy) is 5. The number of hydrogen-bond acceptors (Lipinski definition) is 6. The molecule has 0 aromatic heterocycles. The predicted molar refractivity (Wildman–Crippen MR) is 66.8 cm³/mol. The van der Waals surface area contributed by atoms with Crippen LogP contribution in [0.1, 0.15) is 6.92 Å². The molecule has 1 N–H and O–H groups in total. The number of aliphatic hydroxyl groups is 1. The van der Waals surface area contributed by atoms with Crippen molar-refractivity contribution in [2.75, 3.05) is 66.6 Å². The molecule has 0 radical (unpaired) electrons. The quantitative estimate of drug-likeness (QED) is 0.449. The van der Waals surface area contributed by atoms with Gasteiger partial charge in [-0.2, -0.15) is 0 Å². The maximum absolute atomic E-state index is 8.45. The standard InChI is InChI=1S/C12H26O6/c1-12(14-2)11-18-10-9-17-8-7-16-6-5-15-4-3-13/h12-13H,3-11H2,1-2H3. The molecule has 110 valence electrons. The fourth-order valence-electron chi connectivity index (χ4n) is 1.04. The van der Waals surface area contributed by atoms with Gasteiger partial charge in [0.05, 0.1) is 65.6 Å². The number of hydrogen-bond donors (Lipinski definition) is 1. The Morgan fingerprint density at radius 2 is 1.22 bits per heavy atom. The highest BCUT2D eigenvalue weighted by Gasteiger charge is 1.98. The molecule has 0 aromatic carbocycles. The van der Waals surface area contributed by atoms with Crippen molar-refractivity contribution in [3.63, 3.8) is 0 Å². The molecule has 0 amide bonds. The highest BCUT2D eigenvalue weighted by Crippen LogP contribution is 1.89. The van der Waals surface area contributed by atoms with Crippen LogP contribution in [-0.4, -0.2) is 77.8 Å². The van der Waals surface area contributed by atoms with Gasteiger partial charge in [0.25, 0.3) is 0 Å². The van der Waals surface area contributed by atoms with Crippen molar-refractivity contribution in [2.24, 2.45) is 0 Å². The first-order valence-electron chi connectivity index (χ1n) is 6.26. The Morgan fingerprint density at radius 1 is 0.778 bits per heavy atom. The molecule has 0 spiro atoms. The fourth-order valence-corrected chi connectivity index (χ4v) is 1.04. The minimum absolute atomic E-state index is 0.0464. The largest absolute Gasteiger partial charge is 0.394 e. The van der Waals surface area contributed by atoms with Gasteiger partial charge in [-0.05, 0) is 6.92 Å². The highest BCUT2D eigenvalue weighted by molar-refractivity contribution is 4.44. The van der Waals surface area contributed by atoms with E-state index in [0.29, 0.717) is 52.9 Å². The Labute approximate surface area is 109 Å². The van der Waals surface area contributed by atoms with Gasteiger partial charge in [0.1, 0.15) is 0 Å². The van der Waals surface area contributed by atoms with Crippen molar-refractivity contribution in [1.82, 2.24) is 0 Å². The summed E-state index contributed by atoms with van der Waals surface area (Å²) in [5.74, 6) is 0. The second-order valence-corrected chi connectivity index (χ2v) is 3.68. The Bertz CT molecular complexity index is 156. The van der Waals surface area contributed by atoms with Gasteiger partial charge in [0.2, 0.25) is 0 Å². The molecule has 6 nitrogen and oxygen atoms in total. The van der Waals surface area contributed by atoms with E-state index in [4.69, 9.17) is 28.8 Å². The average molecular weight is 266 g/mol. The first-order valence-corrected chi connectivity index (χ1v) is 6.26. The zero-order chi connectivity index (χ0) is 13.5. The van der Waals surface area contributed by atoms with Gasteiger partial charge >= 0.3 is 0 Å². The summed E-state index contributed by atoms with van der Waals surface area (Å²) >= 11 is 0. The summed E-state index contributed by atoms with van der Waals surface area (Å²) in [7, 11) is 1.66. The minimum atomic E-state index is 0.0464. The van der Waals surface area contributed by atoms with Crippen molar-refractivity contribution < 1.29 is 28.8 Å². The molecule has 0 saturated heterocycles. The molecule has 0 bridgehead atoms. The van der Waals surface area contributed by atoms with Crippen LogP contribution in [0.15, 0.2) is 0 Å². The van der Waals surface area contributed by atoms with E-state index in [0.717, 1.165) is 0 Å². The van der Waals surface area contributed by atoms with Crippen molar-refractivity contribution >= 4 is 0 Å². The third-order valence-electron chi connectivity index (χ3n) is 2.11. The molecule has 0 fully saturated rings. The van der Waals surface area contributed by atoms with Crippen LogP contribution in [0.3, 0.4) is 0 Å². The number of rotatable bonds is 14. The lowest BCUT2D eigenvalue weighted by atomic mass is 10.4. The number of methoxy groups -OCH3 is 1. The van der Waals surface area contributed by atoms with Crippen LogP contribution in [0.4, 0.5) is 0 Å². The summed E-state index contributed by atoms with van der Waals surface area (Å²) in [5.41, 5.74) is 0. The van der Waals surface area contributed by atoms with Gasteiger partial charge in [-0.3, -0.25) is 0 Å². The topological polar surface area (TPSA) is 66.4 Å². The molecule has 0 aromatic rings. The third kappa shape index (κ3) is 13.8. The second kappa shape index (κ2) is 14.8. The zero-order valence-corrected chi connectivity index (χ0v) is 11.4. The zero-order valence-electron chi connectivity index (χ0n) is 11.4. The molecule has 0 saturated carbocycles. The summed E-state index contributed by atoms with van der Waals surface area (Å²) in [5, 5.41) is 8.45. The molecular weight excluding hydrogens is 240 g/mol. The lowest BCUT2D eigenvalue weighted by Gasteiger charge is -2.10. The van der Waals surface area contributed by atoms with Crippen LogP contribution in [0.25, 0.3) is 0 Å². The van der Waals surface area contributed by atoms with Crippen molar-refractivity contribution in [3.8, 4) is 0 Å². The Kier molecular flexibility index (Phi) is 14.6. The van der Waals surface area contributed by atoms with Crippen molar-refractivity contribution in [1.29, 1.82) is 0 Å². The lowest BCUT2D eigenvalue weighted by molar-refractivity contribution is -0.0228. The lowest BCUT2D eigenvalue weighted by Crippen LogP contribution is -2.17. The summed E-state index contributed by atoms with van der Waals surface area (Å²) in [6.07, 6.45) is 0.118. The Hall–Kier alpha value is -0.240. The summed E-state index contributed by atoms with van der Waals surface area (Å²) in [6.45, 7) is 6.16. The molecule has 0 heterocycles. The third-order valence-corrected chi connectivity index (χ3v) is 2.11. The molecule has 0 rings (SSSR count). The van der Waals surface area contributed by atoms with E-state index in [1.807, 2.05) is 6.92 Å². The fraction of sp³-hybridized carbons (Fsp3) is 1.00. The number of aliphatic hydroxyl groups excluding tert-OH is 1. The van der Waals surface area contributed by atoms with Crippen LogP contribution >= 0.6 is 0 Å². The smallest absolute Gasteiger partial charge is 0.0776 e.